The second-order valence-electron chi connectivity index (χ2n) is 3.66. The average molecular weight is 232 g/mol. The highest BCUT2D eigenvalue weighted by atomic mass is 32.2. The first-order valence-corrected chi connectivity index (χ1v) is 7.10. The van der Waals surface area contributed by atoms with Crippen LogP contribution in [0.1, 0.15) is 33.1 Å². The maximum absolute atomic E-state index is 11.9. The van der Waals surface area contributed by atoms with Crippen LogP contribution in [0.2, 0.25) is 0 Å². The van der Waals surface area contributed by atoms with Gasteiger partial charge in [-0.05, 0) is 31.8 Å². The van der Waals surface area contributed by atoms with E-state index in [-0.39, 0.29) is 11.9 Å². The van der Waals surface area contributed by atoms with Crippen molar-refractivity contribution in [3.8, 4) is 0 Å². The minimum atomic E-state index is -0.311. The molecule has 0 spiro atoms. The van der Waals surface area contributed by atoms with Gasteiger partial charge in [0.15, 0.2) is 0 Å². The molecule has 0 radical (unpaired) electrons. The number of amides is 1. The van der Waals surface area contributed by atoms with Crippen molar-refractivity contribution in [3.63, 3.8) is 0 Å². The van der Waals surface area contributed by atoms with Gasteiger partial charge in [-0.2, -0.15) is 11.8 Å². The van der Waals surface area contributed by atoms with Gasteiger partial charge in [0.25, 0.3) is 0 Å². The molecule has 1 amide bonds. The van der Waals surface area contributed by atoms with Gasteiger partial charge in [0.2, 0.25) is 5.91 Å². The summed E-state index contributed by atoms with van der Waals surface area (Å²) in [6.07, 6.45) is 4.99. The molecule has 0 bridgehead atoms. The van der Waals surface area contributed by atoms with Crippen LogP contribution in [-0.2, 0) is 4.79 Å². The lowest BCUT2D eigenvalue weighted by atomic mass is 10.2. The van der Waals surface area contributed by atoms with E-state index in [0.29, 0.717) is 0 Å². The molecule has 0 saturated carbocycles. The fraction of sp³-hybridized carbons (Fsp3) is 0.909. The average Bonchev–Trinajstić information content (AvgIpc) is 2.26. The topological polar surface area (TPSA) is 46.3 Å². The highest BCUT2D eigenvalue weighted by Crippen LogP contribution is 2.04. The molecule has 2 N–H and O–H groups in total. The van der Waals surface area contributed by atoms with Crippen molar-refractivity contribution in [2.75, 3.05) is 25.1 Å². The maximum atomic E-state index is 11.9. The molecule has 0 aliphatic heterocycles. The van der Waals surface area contributed by atoms with Crippen LogP contribution in [0.5, 0.6) is 0 Å². The largest absolute Gasteiger partial charge is 0.342 e. The molecule has 0 heterocycles. The van der Waals surface area contributed by atoms with Crippen LogP contribution >= 0.6 is 11.8 Å². The number of hydrogen-bond donors (Lipinski definition) is 1. The number of thioether (sulfide) groups is 1. The summed E-state index contributed by atoms with van der Waals surface area (Å²) in [7, 11) is 0. The third kappa shape index (κ3) is 6.05. The molecule has 0 aliphatic rings. The van der Waals surface area contributed by atoms with Crippen LogP contribution in [0, 0.1) is 0 Å². The number of carbonyl (C=O) groups excluding carboxylic acids is 1. The van der Waals surface area contributed by atoms with Crippen LogP contribution in [0.3, 0.4) is 0 Å². The van der Waals surface area contributed by atoms with Crippen LogP contribution in [-0.4, -0.2) is 41.9 Å². The molecule has 0 fully saturated rings. The molecule has 0 aliphatic carbocycles. The second-order valence-corrected chi connectivity index (χ2v) is 4.65. The standard InChI is InChI=1S/C11H24N2OS/c1-4-6-8-13(5-2)11(14)10(12)7-9-15-3/h10H,4-9,12H2,1-3H3/t10-/m1/s1. The third-order valence-corrected chi connectivity index (χ3v) is 3.07. The van der Waals surface area contributed by atoms with E-state index in [0.717, 1.165) is 38.1 Å². The summed E-state index contributed by atoms with van der Waals surface area (Å²) in [5, 5.41) is 0. The smallest absolute Gasteiger partial charge is 0.239 e. The van der Waals surface area contributed by atoms with Crippen LogP contribution in [0.15, 0.2) is 0 Å². The molecular formula is C11H24N2OS. The van der Waals surface area contributed by atoms with Crippen molar-refractivity contribution >= 4 is 17.7 Å². The van der Waals surface area contributed by atoms with Gasteiger partial charge in [-0.3, -0.25) is 4.79 Å². The summed E-state index contributed by atoms with van der Waals surface area (Å²) >= 11 is 1.73. The Morgan fingerprint density at radius 2 is 2.13 bits per heavy atom. The predicted octanol–water partition coefficient (Wildman–Crippen LogP) is 1.72. The van der Waals surface area contributed by atoms with Crippen LogP contribution in [0.25, 0.3) is 0 Å². The van der Waals surface area contributed by atoms with Gasteiger partial charge in [-0.15, -0.1) is 0 Å². The molecule has 1 atom stereocenters. The Bertz CT molecular complexity index is 176. The zero-order chi connectivity index (χ0) is 11.7. The van der Waals surface area contributed by atoms with Gasteiger partial charge >= 0.3 is 0 Å². The monoisotopic (exact) mass is 232 g/mol. The van der Waals surface area contributed by atoms with E-state index in [1.165, 1.54) is 0 Å². The molecule has 3 nitrogen and oxygen atoms in total. The molecule has 0 aromatic rings. The minimum Gasteiger partial charge on any atom is -0.342 e. The van der Waals surface area contributed by atoms with Crippen molar-refractivity contribution in [2.24, 2.45) is 5.73 Å². The quantitative estimate of drug-likeness (QED) is 0.693. The van der Waals surface area contributed by atoms with E-state index >= 15 is 0 Å². The Labute approximate surface area is 97.8 Å². The van der Waals surface area contributed by atoms with E-state index < -0.39 is 0 Å². The Kier molecular flexibility index (Phi) is 8.91. The van der Waals surface area contributed by atoms with Crippen LogP contribution in [0.4, 0.5) is 0 Å². The van der Waals surface area contributed by atoms with Gasteiger partial charge in [0, 0.05) is 13.1 Å². The van der Waals surface area contributed by atoms with E-state index in [2.05, 4.69) is 6.92 Å². The third-order valence-electron chi connectivity index (χ3n) is 2.43. The zero-order valence-corrected chi connectivity index (χ0v) is 11.0. The predicted molar refractivity (Wildman–Crippen MR) is 68.1 cm³/mol. The lowest BCUT2D eigenvalue weighted by Gasteiger charge is -2.24. The van der Waals surface area contributed by atoms with E-state index in [9.17, 15) is 4.79 Å². The number of unbranched alkanes of at least 4 members (excludes halogenated alkanes) is 1. The number of nitrogens with zero attached hydrogens (tertiary/aromatic N) is 1. The Hall–Kier alpha value is -0.220. The van der Waals surface area contributed by atoms with Crippen molar-refractivity contribution in [2.45, 2.75) is 39.2 Å². The number of carbonyl (C=O) groups is 1. The lowest BCUT2D eigenvalue weighted by Crippen LogP contribution is -2.44. The summed E-state index contributed by atoms with van der Waals surface area (Å²) in [6.45, 7) is 5.76. The van der Waals surface area contributed by atoms with E-state index in [1.807, 2.05) is 18.1 Å². The van der Waals surface area contributed by atoms with E-state index in [4.69, 9.17) is 5.73 Å². The fourth-order valence-electron chi connectivity index (χ4n) is 1.38. The zero-order valence-electron chi connectivity index (χ0n) is 10.2. The number of likely N-dealkylation sites (N-methyl/N-ethyl adjacent to an activating group) is 1. The first-order valence-electron chi connectivity index (χ1n) is 5.70. The fourth-order valence-corrected chi connectivity index (χ4v) is 1.87. The van der Waals surface area contributed by atoms with Crippen LogP contribution < -0.4 is 5.73 Å². The number of nitrogens with two attached hydrogens (primary N) is 1. The van der Waals surface area contributed by atoms with Gasteiger partial charge in [-0.25, -0.2) is 0 Å². The molecule has 90 valence electrons. The first-order chi connectivity index (χ1) is 7.17. The minimum absolute atomic E-state index is 0.111. The summed E-state index contributed by atoms with van der Waals surface area (Å²) in [6, 6.07) is -0.311. The summed E-state index contributed by atoms with van der Waals surface area (Å²) in [4.78, 5) is 13.7. The Balaban J connectivity index is 4.00. The van der Waals surface area contributed by atoms with Crippen molar-refractivity contribution < 1.29 is 4.79 Å². The molecule has 0 aromatic carbocycles. The lowest BCUT2D eigenvalue weighted by molar-refractivity contribution is -0.132. The molecule has 15 heavy (non-hydrogen) atoms. The van der Waals surface area contributed by atoms with Crippen molar-refractivity contribution in [1.82, 2.24) is 4.90 Å². The summed E-state index contributed by atoms with van der Waals surface area (Å²) in [5.41, 5.74) is 5.85. The highest BCUT2D eigenvalue weighted by Gasteiger charge is 2.18. The molecule has 0 rings (SSSR count). The van der Waals surface area contributed by atoms with Crippen molar-refractivity contribution in [3.05, 3.63) is 0 Å². The molecule has 0 aromatic heterocycles. The molecule has 4 heteroatoms. The van der Waals surface area contributed by atoms with Gasteiger partial charge in [0.05, 0.1) is 6.04 Å². The molecule has 0 saturated heterocycles. The van der Waals surface area contributed by atoms with Gasteiger partial charge in [-0.1, -0.05) is 13.3 Å². The maximum Gasteiger partial charge on any atom is 0.239 e. The normalized spacial score (nSPS) is 12.5. The summed E-state index contributed by atoms with van der Waals surface area (Å²) < 4.78 is 0. The first kappa shape index (κ1) is 14.8. The molecular weight excluding hydrogens is 208 g/mol. The van der Waals surface area contributed by atoms with Gasteiger partial charge < -0.3 is 10.6 Å². The van der Waals surface area contributed by atoms with E-state index in [1.54, 1.807) is 11.8 Å². The molecule has 0 unspecified atom stereocenters. The Morgan fingerprint density at radius 3 is 2.60 bits per heavy atom. The van der Waals surface area contributed by atoms with Crippen molar-refractivity contribution in [1.29, 1.82) is 0 Å². The number of rotatable bonds is 8. The van der Waals surface area contributed by atoms with Gasteiger partial charge in [0.1, 0.15) is 0 Å². The SMILES string of the molecule is CCCCN(CC)C(=O)[C@H](N)CCSC. The second kappa shape index (κ2) is 9.04. The number of hydrogen-bond acceptors (Lipinski definition) is 3. The highest BCUT2D eigenvalue weighted by molar-refractivity contribution is 7.98. The Morgan fingerprint density at radius 1 is 1.47 bits per heavy atom. The summed E-state index contributed by atoms with van der Waals surface area (Å²) in [5.74, 6) is 1.07.